The summed E-state index contributed by atoms with van der Waals surface area (Å²) in [5, 5.41) is 28.3. The maximum atomic E-state index is 13.2. The molecular weight excluding hydrogens is 456 g/mol. The molecule has 7 nitrogen and oxygen atoms in total. The molecule has 1 fully saturated rings. The predicted octanol–water partition coefficient (Wildman–Crippen LogP) is 4.32. The van der Waals surface area contributed by atoms with Crippen LogP contribution in [0.25, 0.3) is 11.3 Å². The van der Waals surface area contributed by atoms with Gasteiger partial charge in [-0.25, -0.2) is 0 Å². The normalized spacial score (nSPS) is 22.6. The van der Waals surface area contributed by atoms with E-state index in [1.54, 1.807) is 23.7 Å². The number of carbonyl (C=O) groups is 1. The fourth-order valence-corrected chi connectivity index (χ4v) is 4.80. The highest BCUT2D eigenvalue weighted by Crippen LogP contribution is 2.36. The van der Waals surface area contributed by atoms with Crippen molar-refractivity contribution >= 4 is 5.91 Å². The van der Waals surface area contributed by atoms with E-state index >= 15 is 0 Å². The molecule has 1 heterocycles. The van der Waals surface area contributed by atoms with Crippen LogP contribution < -0.4 is 10.1 Å². The van der Waals surface area contributed by atoms with Crippen LogP contribution in [0.15, 0.2) is 18.2 Å². The summed E-state index contributed by atoms with van der Waals surface area (Å²) in [5.41, 5.74) is 1.10. The number of nitrogens with zero attached hydrogens (tertiary/aromatic N) is 2. The monoisotopic (exact) mass is 493 g/mol. The molecule has 1 amide bonds. The maximum absolute atomic E-state index is 13.2. The van der Waals surface area contributed by atoms with Crippen LogP contribution in [0.5, 0.6) is 5.75 Å². The molecule has 1 saturated carbocycles. The summed E-state index contributed by atoms with van der Waals surface area (Å²) in [7, 11) is 0. The van der Waals surface area contributed by atoms with Crippen LogP contribution in [0.4, 0.5) is 8.78 Å². The standard InChI is InChI=1S/C26H37F2N3O4/c1-6-31-23(19-8-7-18(11-15(2)3)13-20(19)35-25(27)28)17(5)22(30-31)24(33)29-14-26(34)10-9-16(4)12-21(26)32/h7-8,13,15-16,21,25,32,34H,6,9-12,14H2,1-5H3,(H,29,33)/t16-,21+,26+/m0/s1. The molecule has 2 aromatic rings. The minimum absolute atomic E-state index is 0.0385. The van der Waals surface area contributed by atoms with Gasteiger partial charge in [0.1, 0.15) is 11.4 Å². The van der Waals surface area contributed by atoms with Crippen molar-refractivity contribution in [3.63, 3.8) is 0 Å². The third-order valence-corrected chi connectivity index (χ3v) is 6.74. The number of ether oxygens (including phenoxy) is 1. The largest absolute Gasteiger partial charge is 0.434 e. The quantitative estimate of drug-likeness (QED) is 0.484. The van der Waals surface area contributed by atoms with Crippen LogP contribution in [-0.4, -0.2) is 50.8 Å². The molecule has 9 heteroatoms. The average molecular weight is 494 g/mol. The summed E-state index contributed by atoms with van der Waals surface area (Å²) in [6.07, 6.45) is 1.42. The molecule has 3 N–H and O–H groups in total. The average Bonchev–Trinajstić information content (AvgIpc) is 3.11. The number of amides is 1. The van der Waals surface area contributed by atoms with Gasteiger partial charge in [0, 0.05) is 24.2 Å². The summed E-state index contributed by atoms with van der Waals surface area (Å²) in [5.74, 6) is 0.196. The number of benzene rings is 1. The second-order valence-corrected chi connectivity index (χ2v) is 10.1. The van der Waals surface area contributed by atoms with Gasteiger partial charge in [-0.2, -0.15) is 13.9 Å². The first kappa shape index (κ1) is 27.1. The lowest BCUT2D eigenvalue weighted by Gasteiger charge is -2.39. The Morgan fingerprint density at radius 2 is 2.09 bits per heavy atom. The fraction of sp³-hybridized carbons (Fsp3) is 0.615. The summed E-state index contributed by atoms with van der Waals surface area (Å²) >= 11 is 0. The number of nitrogens with one attached hydrogen (secondary N) is 1. The van der Waals surface area contributed by atoms with Crippen LogP contribution in [0.2, 0.25) is 0 Å². The van der Waals surface area contributed by atoms with E-state index < -0.39 is 24.2 Å². The first-order chi connectivity index (χ1) is 16.4. The van der Waals surface area contributed by atoms with Crippen LogP contribution in [0.3, 0.4) is 0 Å². The number of aliphatic hydroxyl groups excluding tert-OH is 1. The zero-order valence-electron chi connectivity index (χ0n) is 21.1. The third-order valence-electron chi connectivity index (χ3n) is 6.74. The summed E-state index contributed by atoms with van der Waals surface area (Å²) in [6, 6.07) is 5.23. The number of hydrogen-bond donors (Lipinski definition) is 3. The Kier molecular flexibility index (Phi) is 8.54. The molecule has 0 saturated heterocycles. The highest BCUT2D eigenvalue weighted by Gasteiger charge is 2.40. The topological polar surface area (TPSA) is 96.6 Å². The van der Waals surface area contributed by atoms with Crippen LogP contribution in [0, 0.1) is 18.8 Å². The van der Waals surface area contributed by atoms with Crippen molar-refractivity contribution in [2.45, 2.75) is 85.2 Å². The maximum Gasteiger partial charge on any atom is 0.387 e. The highest BCUT2D eigenvalue weighted by atomic mass is 19.3. The molecule has 0 aliphatic heterocycles. The third kappa shape index (κ3) is 6.19. The molecule has 0 spiro atoms. The Morgan fingerprint density at radius 3 is 2.69 bits per heavy atom. The number of hydrogen-bond acceptors (Lipinski definition) is 5. The molecule has 0 radical (unpaired) electrons. The summed E-state index contributed by atoms with van der Waals surface area (Å²) in [4.78, 5) is 13.0. The smallest absolute Gasteiger partial charge is 0.387 e. The Hall–Kier alpha value is -2.52. The highest BCUT2D eigenvalue weighted by molar-refractivity contribution is 5.95. The number of aliphatic hydroxyl groups is 2. The molecule has 1 aliphatic carbocycles. The SMILES string of the molecule is CCn1nc(C(=O)NC[C@]2(O)CC[C@H](C)C[C@H]2O)c(C)c1-c1ccc(CC(C)C)cc1OC(F)F. The van der Waals surface area contributed by atoms with Crippen molar-refractivity contribution in [3.8, 4) is 17.0 Å². The van der Waals surface area contributed by atoms with E-state index in [9.17, 15) is 23.8 Å². The number of halogens is 2. The van der Waals surface area contributed by atoms with E-state index in [-0.39, 0.29) is 18.0 Å². The molecule has 1 aromatic heterocycles. The van der Waals surface area contributed by atoms with Gasteiger partial charge in [0.05, 0.1) is 11.8 Å². The van der Waals surface area contributed by atoms with Crippen molar-refractivity contribution in [1.82, 2.24) is 15.1 Å². The van der Waals surface area contributed by atoms with Gasteiger partial charge < -0.3 is 20.3 Å². The van der Waals surface area contributed by atoms with Gasteiger partial charge in [-0.3, -0.25) is 9.48 Å². The fourth-order valence-electron chi connectivity index (χ4n) is 4.80. The Balaban J connectivity index is 1.91. The zero-order valence-corrected chi connectivity index (χ0v) is 21.1. The second-order valence-electron chi connectivity index (χ2n) is 10.1. The molecule has 0 unspecified atom stereocenters. The van der Waals surface area contributed by atoms with Gasteiger partial charge in [0.2, 0.25) is 0 Å². The number of carbonyl (C=O) groups excluding carboxylic acids is 1. The Morgan fingerprint density at radius 1 is 1.37 bits per heavy atom. The van der Waals surface area contributed by atoms with E-state index in [0.717, 1.165) is 12.0 Å². The second kappa shape index (κ2) is 11.0. The number of aryl methyl sites for hydroxylation is 1. The molecule has 194 valence electrons. The van der Waals surface area contributed by atoms with Gasteiger partial charge in [0.15, 0.2) is 5.69 Å². The van der Waals surface area contributed by atoms with E-state index in [1.165, 1.54) is 0 Å². The van der Waals surface area contributed by atoms with Gasteiger partial charge >= 0.3 is 6.61 Å². The van der Waals surface area contributed by atoms with Crippen LogP contribution in [0.1, 0.15) is 68.6 Å². The lowest BCUT2D eigenvalue weighted by Crippen LogP contribution is -2.54. The van der Waals surface area contributed by atoms with Crippen molar-refractivity contribution in [2.75, 3.05) is 6.54 Å². The first-order valence-electron chi connectivity index (χ1n) is 12.3. The van der Waals surface area contributed by atoms with E-state index in [2.05, 4.69) is 10.4 Å². The number of aromatic nitrogens is 2. The molecule has 3 atom stereocenters. The van der Waals surface area contributed by atoms with Gasteiger partial charge in [-0.05, 0) is 69.1 Å². The van der Waals surface area contributed by atoms with Crippen molar-refractivity contribution in [1.29, 1.82) is 0 Å². The van der Waals surface area contributed by atoms with E-state index in [4.69, 9.17) is 4.74 Å². The molecular formula is C26H37F2N3O4. The van der Waals surface area contributed by atoms with Crippen LogP contribution >= 0.6 is 0 Å². The summed E-state index contributed by atoms with van der Waals surface area (Å²) < 4.78 is 32.9. The van der Waals surface area contributed by atoms with Crippen LogP contribution in [-0.2, 0) is 13.0 Å². The minimum Gasteiger partial charge on any atom is -0.434 e. The molecule has 35 heavy (non-hydrogen) atoms. The van der Waals surface area contributed by atoms with Crippen molar-refractivity contribution in [3.05, 3.63) is 35.0 Å². The Labute approximate surface area is 205 Å². The van der Waals surface area contributed by atoms with E-state index in [1.807, 2.05) is 33.8 Å². The van der Waals surface area contributed by atoms with Gasteiger partial charge in [0.25, 0.3) is 5.91 Å². The van der Waals surface area contributed by atoms with Crippen molar-refractivity contribution < 1.29 is 28.5 Å². The van der Waals surface area contributed by atoms with E-state index in [0.29, 0.717) is 54.5 Å². The lowest BCUT2D eigenvalue weighted by atomic mass is 9.77. The molecule has 3 rings (SSSR count). The Bertz CT molecular complexity index is 1040. The first-order valence-corrected chi connectivity index (χ1v) is 12.3. The molecule has 0 bridgehead atoms. The number of alkyl halides is 2. The van der Waals surface area contributed by atoms with Crippen molar-refractivity contribution in [2.24, 2.45) is 11.8 Å². The molecule has 1 aliphatic rings. The van der Waals surface area contributed by atoms with Gasteiger partial charge in [-0.1, -0.05) is 26.8 Å². The number of rotatable bonds is 9. The predicted molar refractivity (Wildman–Crippen MR) is 130 cm³/mol. The molecule has 1 aromatic carbocycles. The zero-order chi connectivity index (χ0) is 25.9. The minimum atomic E-state index is -2.99. The summed E-state index contributed by atoms with van der Waals surface area (Å²) in [6.45, 7) is 6.99. The lowest BCUT2D eigenvalue weighted by molar-refractivity contribution is -0.106. The van der Waals surface area contributed by atoms with Gasteiger partial charge in [-0.15, -0.1) is 0 Å².